The Morgan fingerprint density at radius 2 is 1.52 bits per heavy atom. The standard InChI is InChI=1S/C21H20O6/c1-15(20(23)24)7-5-6-14-26-21(25)27-18-12-10-17(11-13-18)19(22)16-8-3-2-4-9-16/h2-4,8-13H,1,5-7,14H2,(H,23,24). The molecular weight excluding hydrogens is 348 g/mol. The van der Waals surface area contributed by atoms with Crippen LogP contribution in [0.2, 0.25) is 0 Å². The first-order chi connectivity index (χ1) is 13.0. The number of ketones is 1. The minimum absolute atomic E-state index is 0.118. The predicted molar refractivity (Wildman–Crippen MR) is 98.9 cm³/mol. The maximum absolute atomic E-state index is 12.3. The molecule has 0 fully saturated rings. The van der Waals surface area contributed by atoms with Crippen molar-refractivity contribution in [3.8, 4) is 5.75 Å². The number of carbonyl (C=O) groups is 3. The van der Waals surface area contributed by atoms with E-state index in [1.807, 2.05) is 6.07 Å². The number of carboxylic acids is 1. The molecule has 0 radical (unpaired) electrons. The topological polar surface area (TPSA) is 89.9 Å². The Balaban J connectivity index is 1.75. The smallest absolute Gasteiger partial charge is 0.478 e. The molecule has 0 aliphatic rings. The van der Waals surface area contributed by atoms with Crippen molar-refractivity contribution in [3.05, 3.63) is 77.9 Å². The van der Waals surface area contributed by atoms with E-state index in [4.69, 9.17) is 14.6 Å². The number of rotatable bonds is 9. The summed E-state index contributed by atoms with van der Waals surface area (Å²) in [7, 11) is 0. The van der Waals surface area contributed by atoms with Gasteiger partial charge in [0.15, 0.2) is 5.78 Å². The van der Waals surface area contributed by atoms with E-state index in [0.717, 1.165) is 0 Å². The van der Waals surface area contributed by atoms with E-state index in [0.29, 0.717) is 30.4 Å². The minimum atomic E-state index is -1.02. The maximum Gasteiger partial charge on any atom is 0.513 e. The zero-order valence-electron chi connectivity index (χ0n) is 14.7. The zero-order valence-corrected chi connectivity index (χ0v) is 14.7. The summed E-state index contributed by atoms with van der Waals surface area (Å²) in [6.45, 7) is 3.55. The van der Waals surface area contributed by atoms with Gasteiger partial charge in [0, 0.05) is 16.7 Å². The molecule has 0 saturated carbocycles. The highest BCUT2D eigenvalue weighted by atomic mass is 16.7. The van der Waals surface area contributed by atoms with Gasteiger partial charge in [0.05, 0.1) is 6.61 Å². The summed E-state index contributed by atoms with van der Waals surface area (Å²) in [4.78, 5) is 34.5. The molecule has 1 N–H and O–H groups in total. The minimum Gasteiger partial charge on any atom is -0.478 e. The van der Waals surface area contributed by atoms with E-state index in [1.54, 1.807) is 36.4 Å². The fourth-order valence-electron chi connectivity index (χ4n) is 2.26. The van der Waals surface area contributed by atoms with Crippen LogP contribution in [0.3, 0.4) is 0 Å². The number of benzene rings is 2. The quantitative estimate of drug-likeness (QED) is 0.234. The van der Waals surface area contributed by atoms with Gasteiger partial charge >= 0.3 is 12.1 Å². The van der Waals surface area contributed by atoms with Gasteiger partial charge in [-0.1, -0.05) is 36.9 Å². The summed E-state index contributed by atoms with van der Waals surface area (Å²) < 4.78 is 9.97. The highest BCUT2D eigenvalue weighted by molar-refractivity contribution is 6.09. The lowest BCUT2D eigenvalue weighted by atomic mass is 10.0. The fourth-order valence-corrected chi connectivity index (χ4v) is 2.26. The number of unbranched alkanes of at least 4 members (excludes halogenated alkanes) is 1. The number of hydrogen-bond donors (Lipinski definition) is 1. The van der Waals surface area contributed by atoms with Crippen LogP contribution in [0.1, 0.15) is 35.2 Å². The molecular formula is C21H20O6. The summed E-state index contributed by atoms with van der Waals surface area (Å²) in [6.07, 6.45) is 0.542. The Hall–Kier alpha value is -3.41. The zero-order chi connectivity index (χ0) is 19.6. The van der Waals surface area contributed by atoms with E-state index < -0.39 is 12.1 Å². The van der Waals surface area contributed by atoms with Gasteiger partial charge in [-0.05, 0) is 43.5 Å². The van der Waals surface area contributed by atoms with Gasteiger partial charge in [-0.2, -0.15) is 0 Å². The number of aliphatic carboxylic acids is 1. The predicted octanol–water partition coefficient (Wildman–Crippen LogP) is 4.24. The summed E-state index contributed by atoms with van der Waals surface area (Å²) in [5.74, 6) is -0.874. The molecule has 0 saturated heterocycles. The van der Waals surface area contributed by atoms with E-state index in [-0.39, 0.29) is 23.7 Å². The third kappa shape index (κ3) is 6.43. The van der Waals surface area contributed by atoms with E-state index in [2.05, 4.69) is 6.58 Å². The Labute approximate surface area is 157 Å². The lowest BCUT2D eigenvalue weighted by molar-refractivity contribution is -0.132. The summed E-state index contributed by atoms with van der Waals surface area (Å²) >= 11 is 0. The summed E-state index contributed by atoms with van der Waals surface area (Å²) in [6, 6.07) is 15.1. The van der Waals surface area contributed by atoms with Crippen molar-refractivity contribution in [2.24, 2.45) is 0 Å². The summed E-state index contributed by atoms with van der Waals surface area (Å²) in [5, 5.41) is 8.68. The second-order valence-electron chi connectivity index (χ2n) is 5.79. The SMILES string of the molecule is C=C(CCCCOC(=O)Oc1ccc(C(=O)c2ccccc2)cc1)C(=O)O. The Morgan fingerprint density at radius 1 is 0.889 bits per heavy atom. The molecule has 0 aliphatic carbocycles. The molecule has 2 aromatic carbocycles. The van der Waals surface area contributed by atoms with Crippen molar-refractivity contribution < 1.29 is 29.0 Å². The van der Waals surface area contributed by atoms with Crippen LogP contribution in [0, 0.1) is 0 Å². The lowest BCUT2D eigenvalue weighted by Crippen LogP contribution is -2.12. The van der Waals surface area contributed by atoms with E-state index in [1.165, 1.54) is 12.1 Å². The van der Waals surface area contributed by atoms with Crippen LogP contribution < -0.4 is 4.74 Å². The van der Waals surface area contributed by atoms with Crippen molar-refractivity contribution in [1.82, 2.24) is 0 Å². The molecule has 2 aromatic rings. The average molecular weight is 368 g/mol. The molecule has 2 rings (SSSR count). The maximum atomic E-state index is 12.3. The highest BCUT2D eigenvalue weighted by Crippen LogP contribution is 2.16. The van der Waals surface area contributed by atoms with Gasteiger partial charge in [0.1, 0.15) is 5.75 Å². The normalized spacial score (nSPS) is 10.1. The molecule has 6 nitrogen and oxygen atoms in total. The Bertz CT molecular complexity index is 808. The number of ether oxygens (including phenoxy) is 2. The van der Waals surface area contributed by atoms with E-state index in [9.17, 15) is 14.4 Å². The van der Waals surface area contributed by atoms with Crippen LogP contribution in [0.25, 0.3) is 0 Å². The first kappa shape index (κ1) is 19.9. The van der Waals surface area contributed by atoms with Crippen molar-refractivity contribution in [1.29, 1.82) is 0 Å². The van der Waals surface area contributed by atoms with E-state index >= 15 is 0 Å². The molecule has 0 unspecified atom stereocenters. The number of hydrogen-bond acceptors (Lipinski definition) is 5. The van der Waals surface area contributed by atoms with Gasteiger partial charge in [0.2, 0.25) is 0 Å². The van der Waals surface area contributed by atoms with Crippen LogP contribution >= 0.6 is 0 Å². The third-order valence-electron chi connectivity index (χ3n) is 3.75. The molecule has 0 aromatic heterocycles. The second kappa shape index (κ2) is 9.91. The molecule has 0 amide bonds. The molecule has 0 heterocycles. The van der Waals surface area contributed by atoms with Crippen LogP contribution in [0.4, 0.5) is 4.79 Å². The average Bonchev–Trinajstić information content (AvgIpc) is 2.68. The molecule has 27 heavy (non-hydrogen) atoms. The second-order valence-corrected chi connectivity index (χ2v) is 5.79. The van der Waals surface area contributed by atoms with Gasteiger partial charge in [-0.3, -0.25) is 4.79 Å². The van der Waals surface area contributed by atoms with Gasteiger partial charge in [0.25, 0.3) is 0 Å². The number of carboxylic acid groups (broad SMARTS) is 1. The molecule has 0 bridgehead atoms. The summed E-state index contributed by atoms with van der Waals surface area (Å²) in [5.41, 5.74) is 1.19. The van der Waals surface area contributed by atoms with Crippen molar-refractivity contribution >= 4 is 17.9 Å². The Morgan fingerprint density at radius 3 is 2.15 bits per heavy atom. The highest BCUT2D eigenvalue weighted by Gasteiger charge is 2.10. The molecule has 0 atom stereocenters. The lowest BCUT2D eigenvalue weighted by Gasteiger charge is -2.07. The first-order valence-electron chi connectivity index (χ1n) is 8.43. The van der Waals surface area contributed by atoms with Crippen molar-refractivity contribution in [2.75, 3.05) is 6.61 Å². The van der Waals surface area contributed by atoms with Crippen LogP contribution in [0.5, 0.6) is 5.75 Å². The first-order valence-corrected chi connectivity index (χ1v) is 8.43. The molecule has 0 spiro atoms. The van der Waals surface area contributed by atoms with Crippen molar-refractivity contribution in [2.45, 2.75) is 19.3 Å². The number of carbonyl (C=O) groups excluding carboxylic acids is 2. The van der Waals surface area contributed by atoms with Crippen molar-refractivity contribution in [3.63, 3.8) is 0 Å². The van der Waals surface area contributed by atoms with Gasteiger partial charge in [-0.25, -0.2) is 9.59 Å². The molecule has 140 valence electrons. The van der Waals surface area contributed by atoms with Crippen LogP contribution in [-0.4, -0.2) is 29.6 Å². The van der Waals surface area contributed by atoms with Gasteiger partial charge < -0.3 is 14.6 Å². The Kier molecular flexibility index (Phi) is 7.31. The van der Waals surface area contributed by atoms with Crippen LogP contribution in [-0.2, 0) is 9.53 Å². The third-order valence-corrected chi connectivity index (χ3v) is 3.75. The van der Waals surface area contributed by atoms with Crippen LogP contribution in [0.15, 0.2) is 66.7 Å². The fraction of sp³-hybridized carbons (Fsp3) is 0.190. The monoisotopic (exact) mass is 368 g/mol. The van der Waals surface area contributed by atoms with Gasteiger partial charge in [-0.15, -0.1) is 0 Å². The largest absolute Gasteiger partial charge is 0.513 e. The molecule has 0 aliphatic heterocycles. The molecule has 6 heteroatoms.